The lowest BCUT2D eigenvalue weighted by Crippen LogP contribution is -2.65. The number of phenols is 1. The number of ketones is 2. The lowest BCUT2D eigenvalue weighted by atomic mass is 9.57. The third-order valence-corrected chi connectivity index (χ3v) is 9.15. The number of hydrogen-bond donors (Lipinski definition) is 5. The van der Waals surface area contributed by atoms with E-state index in [4.69, 9.17) is 28.9 Å². The van der Waals surface area contributed by atoms with Crippen LogP contribution in [0, 0.1) is 11.8 Å². The number of aliphatic hydroxyl groups excluding tert-OH is 2. The van der Waals surface area contributed by atoms with Crippen molar-refractivity contribution < 1.29 is 34.8 Å². The molecule has 2 aromatic carbocycles. The van der Waals surface area contributed by atoms with Crippen LogP contribution in [-0.4, -0.2) is 82.6 Å². The van der Waals surface area contributed by atoms with E-state index >= 15 is 0 Å². The number of carbonyl (C=O) groups excluding carboxylic acids is 3. The van der Waals surface area contributed by atoms with Gasteiger partial charge in [-0.2, -0.15) is 0 Å². The van der Waals surface area contributed by atoms with Gasteiger partial charge < -0.3 is 31.1 Å². The van der Waals surface area contributed by atoms with Crippen molar-refractivity contribution in [1.82, 2.24) is 4.90 Å². The zero-order valence-electron chi connectivity index (χ0n) is 22.7. The number of phenolic OH excluding ortho intramolecular Hbond substituents is 1. The van der Waals surface area contributed by atoms with E-state index in [1.54, 1.807) is 57.4 Å². The van der Waals surface area contributed by atoms with E-state index in [1.165, 1.54) is 4.90 Å². The van der Waals surface area contributed by atoms with Gasteiger partial charge in [-0.3, -0.25) is 19.3 Å². The quantitative estimate of drug-likeness (QED) is 0.331. The summed E-state index contributed by atoms with van der Waals surface area (Å²) >= 11 is 12.3. The molecule has 3 aliphatic rings. The number of nitrogens with zero attached hydrogens (tertiary/aromatic N) is 2. The maximum absolute atomic E-state index is 14.1. The highest BCUT2D eigenvalue weighted by Crippen LogP contribution is 2.55. The Bertz CT molecular complexity index is 1610. The summed E-state index contributed by atoms with van der Waals surface area (Å²) in [6.45, 7) is 0. The summed E-state index contributed by atoms with van der Waals surface area (Å²) in [6.07, 6.45) is 0.186. The molecule has 10 nitrogen and oxygen atoms in total. The molecular formula is C29H29Cl2N3O7. The van der Waals surface area contributed by atoms with E-state index in [0.29, 0.717) is 27.4 Å². The Morgan fingerprint density at radius 1 is 1.05 bits per heavy atom. The van der Waals surface area contributed by atoms with Crippen LogP contribution in [-0.2, 0) is 20.8 Å². The number of hydrogen-bond acceptors (Lipinski definition) is 9. The first kappa shape index (κ1) is 28.9. The average molecular weight is 602 g/mol. The Hall–Kier alpha value is -3.57. The number of Topliss-reactive ketones (excluding diaryl/α,β-unsaturated/α-hetero) is 2. The van der Waals surface area contributed by atoms with Gasteiger partial charge in [0.2, 0.25) is 5.78 Å². The maximum Gasteiger partial charge on any atom is 0.255 e. The van der Waals surface area contributed by atoms with Crippen molar-refractivity contribution >= 4 is 52.1 Å². The average Bonchev–Trinajstić information content (AvgIpc) is 2.87. The zero-order valence-corrected chi connectivity index (χ0v) is 24.2. The molecule has 4 atom stereocenters. The summed E-state index contributed by atoms with van der Waals surface area (Å²) in [5.41, 5.74) is 3.62. The number of nitrogens with two attached hydrogens (primary N) is 1. The molecule has 0 spiro atoms. The van der Waals surface area contributed by atoms with Gasteiger partial charge in [0.1, 0.15) is 22.8 Å². The van der Waals surface area contributed by atoms with Gasteiger partial charge in [0.05, 0.1) is 21.7 Å². The fraction of sp³-hybridized carbons (Fsp3) is 0.345. The second-order valence-corrected chi connectivity index (χ2v) is 11.9. The molecule has 3 aliphatic carbocycles. The summed E-state index contributed by atoms with van der Waals surface area (Å²) in [4.78, 5) is 42.8. The van der Waals surface area contributed by atoms with E-state index in [2.05, 4.69) is 0 Å². The third-order valence-electron chi connectivity index (χ3n) is 8.41. The van der Waals surface area contributed by atoms with Crippen LogP contribution < -0.4 is 10.6 Å². The van der Waals surface area contributed by atoms with Crippen molar-refractivity contribution in [3.8, 4) is 16.9 Å². The van der Waals surface area contributed by atoms with Crippen LogP contribution in [0.15, 0.2) is 41.2 Å². The monoisotopic (exact) mass is 601 g/mol. The van der Waals surface area contributed by atoms with Gasteiger partial charge in [-0.1, -0.05) is 29.3 Å². The first-order valence-corrected chi connectivity index (χ1v) is 13.5. The molecule has 5 rings (SSSR count). The van der Waals surface area contributed by atoms with E-state index in [-0.39, 0.29) is 34.8 Å². The SMILES string of the molecule is CN(C)c1cc(-c2ccc(Cl)c(Cl)c2)c(O)c2c1C[C@@H]1C[C@@H]3[C@H](N(C)C)C(=O)C(C(N)=O)=C(O)[C@@]3(O)C(=O)C1=C2O. The largest absolute Gasteiger partial charge is 0.508 e. The Kier molecular flexibility index (Phi) is 6.89. The molecule has 0 saturated heterocycles. The van der Waals surface area contributed by atoms with Crippen molar-refractivity contribution in [1.29, 1.82) is 0 Å². The van der Waals surface area contributed by atoms with Crippen molar-refractivity contribution in [3.05, 3.63) is 62.3 Å². The minimum Gasteiger partial charge on any atom is -0.508 e. The molecule has 0 bridgehead atoms. The fourth-order valence-electron chi connectivity index (χ4n) is 6.57. The minimum atomic E-state index is -2.70. The van der Waals surface area contributed by atoms with Gasteiger partial charge in [0, 0.05) is 36.8 Å². The molecule has 6 N–H and O–H groups in total. The van der Waals surface area contributed by atoms with Gasteiger partial charge in [0.15, 0.2) is 11.4 Å². The number of carbonyl (C=O) groups is 3. The van der Waals surface area contributed by atoms with Crippen LogP contribution in [0.3, 0.4) is 0 Å². The second kappa shape index (κ2) is 9.77. The number of fused-ring (bicyclic) bond motifs is 3. The van der Waals surface area contributed by atoms with Gasteiger partial charge in [-0.15, -0.1) is 0 Å². The standard InChI is InChI=1S/C29H29Cl2N3O7/c1-33(2)18-10-13(11-5-6-16(30)17(31)9-11)23(35)20-14(18)7-12-8-15-22(34(3)4)25(37)21(28(32)40)27(39)29(15,41)26(38)19(12)24(20)36/h5-6,9-10,12,15,22,35-36,39,41H,7-8H2,1-4H3,(H2,32,40)/t12-,15-,22+,29+/m1/s1. The van der Waals surface area contributed by atoms with Crippen LogP contribution in [0.1, 0.15) is 17.5 Å². The molecule has 216 valence electrons. The molecule has 1 saturated carbocycles. The van der Waals surface area contributed by atoms with Gasteiger partial charge in [0.25, 0.3) is 5.91 Å². The molecule has 12 heteroatoms. The number of halogens is 2. The zero-order chi connectivity index (χ0) is 30.3. The summed E-state index contributed by atoms with van der Waals surface area (Å²) in [6, 6.07) is 5.38. The summed E-state index contributed by atoms with van der Waals surface area (Å²) in [7, 11) is 6.70. The van der Waals surface area contributed by atoms with E-state index in [9.17, 15) is 34.8 Å². The molecule has 0 radical (unpaired) electrons. The summed E-state index contributed by atoms with van der Waals surface area (Å²) < 4.78 is 0. The molecule has 0 aliphatic heterocycles. The molecule has 0 unspecified atom stereocenters. The van der Waals surface area contributed by atoms with Crippen LogP contribution in [0.2, 0.25) is 10.0 Å². The van der Waals surface area contributed by atoms with Crippen molar-refractivity contribution in [2.45, 2.75) is 24.5 Å². The Morgan fingerprint density at radius 3 is 2.27 bits per heavy atom. The van der Waals surface area contributed by atoms with Crippen LogP contribution in [0.5, 0.6) is 5.75 Å². The highest BCUT2D eigenvalue weighted by atomic mass is 35.5. The Labute approximate surface area is 245 Å². The summed E-state index contributed by atoms with van der Waals surface area (Å²) in [5.74, 6) is -6.98. The van der Waals surface area contributed by atoms with E-state index < -0.39 is 58.0 Å². The first-order chi connectivity index (χ1) is 19.1. The Morgan fingerprint density at radius 2 is 1.71 bits per heavy atom. The molecule has 1 amide bonds. The molecule has 1 fully saturated rings. The number of likely N-dealkylation sites (N-methyl/N-ethyl adjacent to an activating group) is 1. The summed E-state index contributed by atoms with van der Waals surface area (Å²) in [5, 5.41) is 46.5. The number of aliphatic hydroxyl groups is 3. The molecule has 2 aromatic rings. The number of anilines is 1. The molecule has 0 heterocycles. The highest BCUT2D eigenvalue weighted by molar-refractivity contribution is 6.42. The number of rotatable bonds is 4. The normalized spacial score (nSPS) is 25.7. The van der Waals surface area contributed by atoms with Crippen molar-refractivity contribution in [2.75, 3.05) is 33.1 Å². The fourth-order valence-corrected chi connectivity index (χ4v) is 6.87. The molecular weight excluding hydrogens is 573 g/mol. The topological polar surface area (TPSA) is 165 Å². The maximum atomic E-state index is 14.1. The predicted octanol–water partition coefficient (Wildman–Crippen LogP) is 3.00. The van der Waals surface area contributed by atoms with Gasteiger partial charge >= 0.3 is 0 Å². The number of primary amides is 1. The number of amides is 1. The second-order valence-electron chi connectivity index (χ2n) is 11.1. The first-order valence-electron chi connectivity index (χ1n) is 12.8. The van der Waals surface area contributed by atoms with Crippen molar-refractivity contribution in [2.24, 2.45) is 17.6 Å². The minimum absolute atomic E-state index is 0.00596. The van der Waals surface area contributed by atoms with Gasteiger partial charge in [-0.05, 0) is 62.2 Å². The third kappa shape index (κ3) is 4.04. The predicted molar refractivity (Wildman–Crippen MR) is 154 cm³/mol. The number of benzene rings is 2. The lowest BCUT2D eigenvalue weighted by molar-refractivity contribution is -0.153. The molecule has 41 heavy (non-hydrogen) atoms. The Balaban J connectivity index is 1.78. The molecule has 0 aromatic heterocycles. The van der Waals surface area contributed by atoms with Crippen molar-refractivity contribution in [3.63, 3.8) is 0 Å². The van der Waals surface area contributed by atoms with Gasteiger partial charge in [-0.25, -0.2) is 0 Å². The lowest BCUT2D eigenvalue weighted by Gasteiger charge is -2.50. The smallest absolute Gasteiger partial charge is 0.255 e. The number of aromatic hydroxyl groups is 1. The van der Waals surface area contributed by atoms with E-state index in [1.807, 2.05) is 0 Å². The highest BCUT2D eigenvalue weighted by Gasteiger charge is 2.64. The van der Waals surface area contributed by atoms with Crippen LogP contribution in [0.4, 0.5) is 5.69 Å². The van der Waals surface area contributed by atoms with Crippen LogP contribution in [0.25, 0.3) is 16.9 Å². The van der Waals surface area contributed by atoms with E-state index in [0.717, 1.165) is 0 Å². The van der Waals surface area contributed by atoms with Crippen LogP contribution >= 0.6 is 23.2 Å².